The maximum Gasteiger partial charge on any atom is 0.341 e. The van der Waals surface area contributed by atoms with Crippen molar-refractivity contribution in [1.29, 1.82) is 0 Å². The molecule has 2 aromatic carbocycles. The lowest BCUT2D eigenvalue weighted by Crippen LogP contribution is -2.39. The molecule has 2 aromatic rings. The number of ether oxygens (including phenoxy) is 1. The number of fused-ring (bicyclic) bond motifs is 1. The van der Waals surface area contributed by atoms with Crippen LogP contribution in [0.2, 0.25) is 0 Å². The molecule has 2 heterocycles. The van der Waals surface area contributed by atoms with Crippen molar-refractivity contribution < 1.29 is 37.8 Å². The van der Waals surface area contributed by atoms with Crippen molar-refractivity contribution in [2.75, 3.05) is 44.4 Å². The summed E-state index contributed by atoms with van der Waals surface area (Å²) in [6, 6.07) is 10.9. The highest BCUT2D eigenvalue weighted by molar-refractivity contribution is 7.92. The molecule has 2 aliphatic rings. The molecule has 3 N–H and O–H groups in total. The molecule has 0 radical (unpaired) electrons. The van der Waals surface area contributed by atoms with Gasteiger partial charge < -0.3 is 25.2 Å². The minimum Gasteiger partial charge on any atom is -0.482 e. The van der Waals surface area contributed by atoms with Gasteiger partial charge in [0, 0.05) is 26.7 Å². The van der Waals surface area contributed by atoms with Gasteiger partial charge in [0.1, 0.15) is 11.5 Å². The van der Waals surface area contributed by atoms with Gasteiger partial charge in [0.15, 0.2) is 16.4 Å². The third kappa shape index (κ3) is 6.45. The number of anilines is 1. The number of aliphatic carboxylic acids is 1. The summed E-state index contributed by atoms with van der Waals surface area (Å²) in [6.45, 7) is 1.10. The summed E-state index contributed by atoms with van der Waals surface area (Å²) in [5.74, 6) is -2.21. The topological polar surface area (TPSA) is 154 Å². The Labute approximate surface area is 214 Å². The molecule has 0 unspecified atom stereocenters. The Morgan fingerprint density at radius 2 is 2.03 bits per heavy atom. The van der Waals surface area contributed by atoms with Gasteiger partial charge in [-0.15, -0.1) is 0 Å². The van der Waals surface area contributed by atoms with E-state index in [1.165, 1.54) is 12.1 Å². The van der Waals surface area contributed by atoms with Crippen LogP contribution >= 0.6 is 0 Å². The fraction of sp³-hybridized carbons (Fsp3) is 0.400. The number of nitrogens with one attached hydrogen (secondary N) is 1. The summed E-state index contributed by atoms with van der Waals surface area (Å²) in [7, 11) is -2.05. The number of likely N-dealkylation sites (N-methyl/N-ethyl adjacent to an activating group) is 1. The second-order valence-electron chi connectivity index (χ2n) is 9.29. The van der Waals surface area contributed by atoms with Gasteiger partial charge in [-0.05, 0) is 41.8 Å². The zero-order chi connectivity index (χ0) is 26.7. The van der Waals surface area contributed by atoms with Crippen LogP contribution in [0.5, 0.6) is 5.75 Å². The maximum absolute atomic E-state index is 13.4. The molecule has 11 nitrogen and oxygen atoms in total. The second kappa shape index (κ2) is 10.9. The minimum absolute atomic E-state index is 0.0281. The van der Waals surface area contributed by atoms with E-state index in [1.54, 1.807) is 36.2 Å². The van der Waals surface area contributed by atoms with E-state index in [1.807, 2.05) is 6.07 Å². The van der Waals surface area contributed by atoms with Gasteiger partial charge in [-0.2, -0.15) is 0 Å². The molecule has 0 aromatic heterocycles. The highest BCUT2D eigenvalue weighted by atomic mass is 32.2. The van der Waals surface area contributed by atoms with Gasteiger partial charge in [-0.1, -0.05) is 18.2 Å². The number of carboxylic acid groups (broad SMARTS) is 1. The molecule has 4 rings (SSSR count). The van der Waals surface area contributed by atoms with Crippen LogP contribution in [0.4, 0.5) is 5.69 Å². The number of benzene rings is 2. The third-order valence-electron chi connectivity index (χ3n) is 6.47. The first-order chi connectivity index (χ1) is 17.5. The predicted molar refractivity (Wildman–Crippen MR) is 133 cm³/mol. The standard InChI is InChI=1S/C25H29N3O8S/c1-27(24(31)10-16-5-6-22-20(9-16)26-23(30)15-37(22,34)35)21(13-28-8-7-18(29)12-28)17-3-2-4-19(11-17)36-14-25(32)33/h2-6,9,11,18,21,29H,7-8,10,12-15H2,1H3,(H,26,30)(H,32,33)/t18-,21+/m0/s1. The molecular formula is C25H29N3O8S. The van der Waals surface area contributed by atoms with Crippen LogP contribution in [-0.2, 0) is 30.6 Å². The maximum atomic E-state index is 13.4. The van der Waals surface area contributed by atoms with E-state index < -0.39 is 46.2 Å². The Hall–Kier alpha value is -3.48. The van der Waals surface area contributed by atoms with Gasteiger partial charge in [0.2, 0.25) is 11.8 Å². The quantitative estimate of drug-likeness (QED) is 0.424. The SMILES string of the molecule is CN(C(=O)Cc1ccc2c(c1)NC(=O)CS2(=O)=O)[C@H](CN1CC[C@H](O)C1)c1cccc(OCC(=O)O)c1. The first-order valence-electron chi connectivity index (χ1n) is 11.8. The summed E-state index contributed by atoms with van der Waals surface area (Å²) < 4.78 is 29.9. The van der Waals surface area contributed by atoms with Crippen LogP contribution in [-0.4, -0.2) is 91.4 Å². The highest BCUT2D eigenvalue weighted by Crippen LogP contribution is 2.30. The highest BCUT2D eigenvalue weighted by Gasteiger charge is 2.31. The van der Waals surface area contributed by atoms with Crippen LogP contribution in [0.15, 0.2) is 47.4 Å². The van der Waals surface area contributed by atoms with Crippen LogP contribution in [0, 0.1) is 0 Å². The number of likely N-dealkylation sites (tertiary alicyclic amines) is 1. The summed E-state index contributed by atoms with van der Waals surface area (Å²) in [6.07, 6.45) is 0.165. The Morgan fingerprint density at radius 3 is 2.73 bits per heavy atom. The summed E-state index contributed by atoms with van der Waals surface area (Å²) in [4.78, 5) is 39.7. The van der Waals surface area contributed by atoms with E-state index in [2.05, 4.69) is 10.2 Å². The Bertz CT molecular complexity index is 1310. The number of aliphatic hydroxyl groups is 1. The number of carboxylic acids is 1. The van der Waals surface area contributed by atoms with E-state index in [-0.39, 0.29) is 22.9 Å². The van der Waals surface area contributed by atoms with Crippen molar-refractivity contribution in [3.63, 3.8) is 0 Å². The molecule has 1 saturated heterocycles. The van der Waals surface area contributed by atoms with Crippen molar-refractivity contribution in [3.05, 3.63) is 53.6 Å². The smallest absolute Gasteiger partial charge is 0.341 e. The molecule has 37 heavy (non-hydrogen) atoms. The Morgan fingerprint density at radius 1 is 1.24 bits per heavy atom. The molecule has 2 amide bonds. The monoisotopic (exact) mass is 531 g/mol. The lowest BCUT2D eigenvalue weighted by molar-refractivity contribution is -0.139. The number of nitrogens with zero attached hydrogens (tertiary/aromatic N) is 2. The van der Waals surface area contributed by atoms with E-state index in [4.69, 9.17) is 9.84 Å². The zero-order valence-corrected chi connectivity index (χ0v) is 21.1. The summed E-state index contributed by atoms with van der Waals surface area (Å²) in [5.41, 5.74) is 1.45. The first-order valence-corrected chi connectivity index (χ1v) is 13.4. The van der Waals surface area contributed by atoms with Gasteiger partial charge in [0.25, 0.3) is 0 Å². The first kappa shape index (κ1) is 26.6. The van der Waals surface area contributed by atoms with E-state index in [0.29, 0.717) is 37.4 Å². The minimum atomic E-state index is -3.72. The van der Waals surface area contributed by atoms with Crippen molar-refractivity contribution in [1.82, 2.24) is 9.80 Å². The van der Waals surface area contributed by atoms with Crippen LogP contribution in [0.25, 0.3) is 0 Å². The molecule has 198 valence electrons. The number of carbonyl (C=O) groups is 3. The molecule has 0 spiro atoms. The lowest BCUT2D eigenvalue weighted by Gasteiger charge is -2.32. The van der Waals surface area contributed by atoms with E-state index in [0.717, 1.165) is 5.56 Å². The number of amides is 2. The van der Waals surface area contributed by atoms with E-state index in [9.17, 15) is 27.9 Å². The number of hydrogen-bond donors (Lipinski definition) is 3. The van der Waals surface area contributed by atoms with Crippen molar-refractivity contribution in [2.24, 2.45) is 0 Å². The average molecular weight is 532 g/mol. The molecule has 2 atom stereocenters. The van der Waals surface area contributed by atoms with Crippen LogP contribution in [0.3, 0.4) is 0 Å². The Kier molecular flexibility index (Phi) is 7.81. The molecule has 12 heteroatoms. The number of sulfone groups is 1. The number of hydrogen-bond acceptors (Lipinski definition) is 8. The van der Waals surface area contributed by atoms with Gasteiger partial charge in [0.05, 0.1) is 29.1 Å². The molecule has 2 aliphatic heterocycles. The van der Waals surface area contributed by atoms with Gasteiger partial charge in [-0.3, -0.25) is 14.5 Å². The fourth-order valence-electron chi connectivity index (χ4n) is 4.60. The number of β-amino-alcohol motifs (C(OH)–C–C–N with tert-alkyl or cyclic N) is 1. The molecule has 0 saturated carbocycles. The molecule has 0 aliphatic carbocycles. The largest absolute Gasteiger partial charge is 0.482 e. The third-order valence-corrected chi connectivity index (χ3v) is 8.14. The second-order valence-corrected chi connectivity index (χ2v) is 11.2. The number of carbonyl (C=O) groups excluding carboxylic acids is 2. The summed E-state index contributed by atoms with van der Waals surface area (Å²) in [5, 5.41) is 21.5. The van der Waals surface area contributed by atoms with Gasteiger partial charge >= 0.3 is 5.97 Å². The van der Waals surface area contributed by atoms with E-state index >= 15 is 0 Å². The fourth-order valence-corrected chi connectivity index (χ4v) is 5.89. The summed E-state index contributed by atoms with van der Waals surface area (Å²) >= 11 is 0. The zero-order valence-electron chi connectivity index (χ0n) is 20.3. The van der Waals surface area contributed by atoms with Crippen LogP contribution in [0.1, 0.15) is 23.6 Å². The molecule has 0 bridgehead atoms. The van der Waals surface area contributed by atoms with Gasteiger partial charge in [-0.25, -0.2) is 13.2 Å². The van der Waals surface area contributed by atoms with Crippen molar-refractivity contribution >= 4 is 33.3 Å². The molecule has 1 fully saturated rings. The van der Waals surface area contributed by atoms with Crippen molar-refractivity contribution in [2.45, 2.75) is 29.9 Å². The van der Waals surface area contributed by atoms with Crippen LogP contribution < -0.4 is 10.1 Å². The Balaban J connectivity index is 1.56. The lowest BCUT2D eigenvalue weighted by atomic mass is 10.0. The normalized spacial score (nSPS) is 19.5. The molecular weight excluding hydrogens is 502 g/mol. The predicted octanol–water partition coefficient (Wildman–Crippen LogP) is 0.685. The number of aliphatic hydroxyl groups excluding tert-OH is 1. The number of rotatable bonds is 9. The average Bonchev–Trinajstić information content (AvgIpc) is 3.24. The van der Waals surface area contributed by atoms with Crippen molar-refractivity contribution in [3.8, 4) is 5.75 Å².